The van der Waals surface area contributed by atoms with E-state index in [4.69, 9.17) is 11.6 Å². The second-order valence-electron chi connectivity index (χ2n) is 3.99. The van der Waals surface area contributed by atoms with Gasteiger partial charge in [-0.1, -0.05) is 11.6 Å². The maximum Gasteiger partial charge on any atom is 0.241 e. The molecule has 2 N–H and O–H groups in total. The molecule has 0 aliphatic carbocycles. The van der Waals surface area contributed by atoms with Crippen molar-refractivity contribution in [3.8, 4) is 0 Å². The van der Waals surface area contributed by atoms with Crippen LogP contribution in [-0.4, -0.2) is 24.7 Å². The maximum atomic E-state index is 11.9. The molecule has 1 atom stereocenters. The Bertz CT molecular complexity index is 419. The van der Waals surface area contributed by atoms with Gasteiger partial charge in [0.15, 0.2) is 0 Å². The second kappa shape index (κ2) is 5.76. The zero-order valence-corrected chi connectivity index (χ0v) is 11.2. The molecule has 0 saturated carbocycles. The van der Waals surface area contributed by atoms with Crippen molar-refractivity contribution in [3.05, 3.63) is 23.2 Å². The van der Waals surface area contributed by atoms with Crippen LogP contribution in [0.4, 0.5) is 5.69 Å². The third kappa shape index (κ3) is 3.15. The lowest BCUT2D eigenvalue weighted by Crippen LogP contribution is -2.35. The molecule has 1 saturated heterocycles. The van der Waals surface area contributed by atoms with Crippen molar-refractivity contribution in [1.82, 2.24) is 5.32 Å². The van der Waals surface area contributed by atoms with Crippen LogP contribution in [-0.2, 0) is 4.79 Å². The number of benzene rings is 1. The highest BCUT2D eigenvalue weighted by atomic mass is 35.5. The molecule has 1 aliphatic rings. The van der Waals surface area contributed by atoms with Gasteiger partial charge in [-0.25, -0.2) is 0 Å². The predicted molar refractivity (Wildman–Crippen MR) is 72.9 cm³/mol. The molecule has 1 unspecified atom stereocenters. The summed E-state index contributed by atoms with van der Waals surface area (Å²) in [7, 11) is 0. The summed E-state index contributed by atoms with van der Waals surface area (Å²) in [5, 5.41) is 6.72. The third-order valence-corrected chi connectivity index (χ3v) is 4.02. The van der Waals surface area contributed by atoms with Gasteiger partial charge in [0, 0.05) is 10.6 Å². The van der Waals surface area contributed by atoms with Crippen molar-refractivity contribution in [2.75, 3.05) is 18.1 Å². The van der Waals surface area contributed by atoms with Gasteiger partial charge in [0.25, 0.3) is 0 Å². The van der Waals surface area contributed by atoms with Gasteiger partial charge in [-0.3, -0.25) is 4.79 Å². The Labute approximate surface area is 110 Å². The largest absolute Gasteiger partial charge is 0.325 e. The average Bonchev–Trinajstić information content (AvgIpc) is 2.82. The number of hydrogen-bond donors (Lipinski definition) is 2. The molecule has 1 heterocycles. The molecule has 5 heteroatoms. The van der Waals surface area contributed by atoms with Gasteiger partial charge in [-0.15, -0.1) is 11.8 Å². The van der Waals surface area contributed by atoms with Crippen LogP contribution < -0.4 is 10.6 Å². The minimum Gasteiger partial charge on any atom is -0.325 e. The smallest absolute Gasteiger partial charge is 0.241 e. The van der Waals surface area contributed by atoms with E-state index in [0.717, 1.165) is 30.0 Å². The van der Waals surface area contributed by atoms with E-state index in [-0.39, 0.29) is 11.9 Å². The van der Waals surface area contributed by atoms with Gasteiger partial charge in [0.05, 0.1) is 11.1 Å². The summed E-state index contributed by atoms with van der Waals surface area (Å²) in [6, 6.07) is 5.53. The monoisotopic (exact) mass is 270 g/mol. The number of amides is 1. The summed E-state index contributed by atoms with van der Waals surface area (Å²) < 4.78 is 0. The molecule has 1 amide bonds. The third-order valence-electron chi connectivity index (χ3n) is 2.80. The van der Waals surface area contributed by atoms with Gasteiger partial charge < -0.3 is 10.6 Å². The number of rotatable bonds is 3. The second-order valence-corrected chi connectivity index (χ2v) is 5.24. The first-order chi connectivity index (χ1) is 8.20. The molecule has 1 fully saturated rings. The van der Waals surface area contributed by atoms with Crippen LogP contribution in [0.5, 0.6) is 0 Å². The number of nitrogens with one attached hydrogen (secondary N) is 2. The Morgan fingerprint density at radius 3 is 3.00 bits per heavy atom. The van der Waals surface area contributed by atoms with Crippen molar-refractivity contribution >= 4 is 35.0 Å². The molecule has 17 heavy (non-hydrogen) atoms. The Balaban J connectivity index is 2.03. The number of carbonyl (C=O) groups excluding carboxylic acids is 1. The lowest BCUT2D eigenvalue weighted by molar-refractivity contribution is -0.117. The van der Waals surface area contributed by atoms with Crippen LogP contribution in [0.2, 0.25) is 5.02 Å². The van der Waals surface area contributed by atoms with E-state index in [1.807, 2.05) is 18.4 Å². The van der Waals surface area contributed by atoms with Crippen molar-refractivity contribution in [3.63, 3.8) is 0 Å². The van der Waals surface area contributed by atoms with Crippen LogP contribution in [0.15, 0.2) is 23.1 Å². The van der Waals surface area contributed by atoms with Crippen LogP contribution >= 0.6 is 23.4 Å². The molecular weight excluding hydrogens is 256 g/mol. The van der Waals surface area contributed by atoms with E-state index >= 15 is 0 Å². The molecule has 92 valence electrons. The van der Waals surface area contributed by atoms with E-state index in [2.05, 4.69) is 10.6 Å². The van der Waals surface area contributed by atoms with E-state index in [1.54, 1.807) is 17.8 Å². The van der Waals surface area contributed by atoms with Crippen molar-refractivity contribution in [2.24, 2.45) is 0 Å². The van der Waals surface area contributed by atoms with E-state index in [9.17, 15) is 4.79 Å². The number of carbonyl (C=O) groups is 1. The van der Waals surface area contributed by atoms with E-state index in [1.165, 1.54) is 0 Å². The lowest BCUT2D eigenvalue weighted by atomic mass is 10.2. The fraction of sp³-hybridized carbons (Fsp3) is 0.417. The van der Waals surface area contributed by atoms with Crippen LogP contribution in [0, 0.1) is 0 Å². The number of anilines is 1. The zero-order chi connectivity index (χ0) is 12.3. The molecular formula is C12H15ClN2OS. The molecule has 0 radical (unpaired) electrons. The predicted octanol–water partition coefficient (Wildman–Crippen LogP) is 2.75. The average molecular weight is 271 g/mol. The van der Waals surface area contributed by atoms with Crippen LogP contribution in [0.25, 0.3) is 0 Å². The van der Waals surface area contributed by atoms with Gasteiger partial charge >= 0.3 is 0 Å². The Kier molecular flexibility index (Phi) is 4.31. The Morgan fingerprint density at radius 1 is 1.59 bits per heavy atom. The first kappa shape index (κ1) is 12.7. The number of hydrogen-bond acceptors (Lipinski definition) is 3. The molecule has 0 bridgehead atoms. The molecule has 1 aliphatic heterocycles. The highest BCUT2D eigenvalue weighted by molar-refractivity contribution is 7.98. The quantitative estimate of drug-likeness (QED) is 0.830. The molecule has 3 nitrogen and oxygen atoms in total. The number of halogens is 1. The highest BCUT2D eigenvalue weighted by Gasteiger charge is 2.21. The van der Waals surface area contributed by atoms with Gasteiger partial charge in [0.1, 0.15) is 0 Å². The summed E-state index contributed by atoms with van der Waals surface area (Å²) in [5.41, 5.74) is 0.756. The van der Waals surface area contributed by atoms with Crippen LogP contribution in [0.3, 0.4) is 0 Å². The van der Waals surface area contributed by atoms with E-state index < -0.39 is 0 Å². The maximum absolute atomic E-state index is 11.9. The standard InChI is InChI=1S/C12H15ClN2OS/c1-17-11-5-4-8(7-9(11)13)15-12(16)10-3-2-6-14-10/h4-5,7,10,14H,2-3,6H2,1H3,(H,15,16). The van der Waals surface area contributed by atoms with E-state index in [0.29, 0.717) is 5.02 Å². The zero-order valence-electron chi connectivity index (χ0n) is 9.63. The fourth-order valence-electron chi connectivity index (χ4n) is 1.88. The minimum absolute atomic E-state index is 0.0236. The van der Waals surface area contributed by atoms with Crippen LogP contribution in [0.1, 0.15) is 12.8 Å². The first-order valence-electron chi connectivity index (χ1n) is 5.58. The molecule has 0 aromatic heterocycles. The number of thioether (sulfide) groups is 1. The summed E-state index contributed by atoms with van der Waals surface area (Å²) >= 11 is 7.68. The topological polar surface area (TPSA) is 41.1 Å². The van der Waals surface area contributed by atoms with Crippen molar-refractivity contribution in [2.45, 2.75) is 23.8 Å². The van der Waals surface area contributed by atoms with Gasteiger partial charge in [-0.05, 0) is 43.8 Å². The molecule has 0 spiro atoms. The molecule has 1 aromatic carbocycles. The summed E-state index contributed by atoms with van der Waals surface area (Å²) in [6.45, 7) is 0.921. The van der Waals surface area contributed by atoms with Gasteiger partial charge in [0.2, 0.25) is 5.91 Å². The minimum atomic E-state index is -0.0611. The summed E-state index contributed by atoms with van der Waals surface area (Å²) in [6.07, 6.45) is 3.94. The van der Waals surface area contributed by atoms with Crippen molar-refractivity contribution < 1.29 is 4.79 Å². The summed E-state index contributed by atoms with van der Waals surface area (Å²) in [4.78, 5) is 12.9. The summed E-state index contributed by atoms with van der Waals surface area (Å²) in [5.74, 6) is 0.0236. The first-order valence-corrected chi connectivity index (χ1v) is 7.19. The van der Waals surface area contributed by atoms with Crippen molar-refractivity contribution in [1.29, 1.82) is 0 Å². The Morgan fingerprint density at radius 2 is 2.41 bits per heavy atom. The molecule has 2 rings (SSSR count). The normalized spacial score (nSPS) is 19.3. The van der Waals surface area contributed by atoms with Gasteiger partial charge in [-0.2, -0.15) is 0 Å². The SMILES string of the molecule is CSc1ccc(NC(=O)C2CCCN2)cc1Cl. The molecule has 1 aromatic rings. The lowest BCUT2D eigenvalue weighted by Gasteiger charge is -2.12. The highest BCUT2D eigenvalue weighted by Crippen LogP contribution is 2.28. The fourth-order valence-corrected chi connectivity index (χ4v) is 2.75. The Hall–Kier alpha value is -0.710.